The average molecular weight is 588 g/mol. The standard InChI is InChI=1S/C33H28F3N3O4/c1-17(40)27-14-20(4-5-29(27)36)26-3-2-6-37-30(26)21(7-19-10-23(34)15-24(35)11-19)13-25(41)16-39-32-22-8-18(9-22)12-28(32)31(38-39)33(42)43/h2-6,10-11,14-15,18,21-22H,7-9,12-13,16H2,1H3,(H,42,43)/t18?,21-,22?/m1/s1. The van der Waals surface area contributed by atoms with Crippen LogP contribution in [0.25, 0.3) is 11.1 Å². The van der Waals surface area contributed by atoms with Gasteiger partial charge in [0.1, 0.15) is 17.5 Å². The van der Waals surface area contributed by atoms with Gasteiger partial charge in [0.15, 0.2) is 17.3 Å². The number of ketones is 2. The summed E-state index contributed by atoms with van der Waals surface area (Å²) in [5.74, 6) is -4.06. The molecule has 3 aliphatic carbocycles. The number of carbonyl (C=O) groups excluding carboxylic acids is 2. The Balaban J connectivity index is 1.36. The Morgan fingerprint density at radius 1 is 1.05 bits per heavy atom. The van der Waals surface area contributed by atoms with Crippen LogP contribution in [0.1, 0.15) is 81.4 Å². The van der Waals surface area contributed by atoms with Crippen LogP contribution < -0.4 is 0 Å². The average Bonchev–Trinajstić information content (AvgIpc) is 3.31. The maximum absolute atomic E-state index is 14.3. The molecule has 220 valence electrons. The summed E-state index contributed by atoms with van der Waals surface area (Å²) in [4.78, 5) is 42.2. The summed E-state index contributed by atoms with van der Waals surface area (Å²) in [6.45, 7) is 1.11. The summed E-state index contributed by atoms with van der Waals surface area (Å²) in [6, 6.07) is 10.7. The van der Waals surface area contributed by atoms with E-state index >= 15 is 0 Å². The minimum absolute atomic E-state index is 0.0198. The Morgan fingerprint density at radius 3 is 2.49 bits per heavy atom. The summed E-state index contributed by atoms with van der Waals surface area (Å²) >= 11 is 0. The highest BCUT2D eigenvalue weighted by Gasteiger charge is 2.43. The SMILES string of the molecule is CC(=O)c1cc(-c2cccnc2[C@@H](CC(=O)Cn2nc(C(=O)O)c3c2C2CC(C3)C2)Cc2cc(F)cc(F)c2)ccc1F. The van der Waals surface area contributed by atoms with Gasteiger partial charge < -0.3 is 5.11 Å². The molecule has 1 atom stereocenters. The number of nitrogens with zero attached hydrogens (tertiary/aromatic N) is 3. The lowest BCUT2D eigenvalue weighted by Crippen LogP contribution is -2.33. The number of aromatic carboxylic acids is 1. The molecule has 1 fully saturated rings. The third-order valence-corrected chi connectivity index (χ3v) is 8.50. The van der Waals surface area contributed by atoms with E-state index in [0.717, 1.165) is 24.6 Å². The van der Waals surface area contributed by atoms with Crippen LogP contribution in [0.2, 0.25) is 0 Å². The number of carbonyl (C=O) groups is 3. The predicted octanol–water partition coefficient (Wildman–Crippen LogP) is 6.30. The van der Waals surface area contributed by atoms with E-state index in [-0.39, 0.29) is 42.3 Å². The lowest BCUT2D eigenvalue weighted by molar-refractivity contribution is -0.120. The fourth-order valence-electron chi connectivity index (χ4n) is 6.61. The van der Waals surface area contributed by atoms with E-state index < -0.39 is 35.1 Å². The third-order valence-electron chi connectivity index (χ3n) is 8.50. The van der Waals surface area contributed by atoms with Gasteiger partial charge in [-0.2, -0.15) is 5.10 Å². The van der Waals surface area contributed by atoms with Gasteiger partial charge in [-0.25, -0.2) is 18.0 Å². The molecule has 0 radical (unpaired) electrons. The second kappa shape index (κ2) is 11.2. The van der Waals surface area contributed by atoms with Crippen molar-refractivity contribution in [2.45, 2.75) is 57.4 Å². The Hall–Kier alpha value is -4.60. The number of aromatic nitrogens is 3. The number of pyridine rings is 1. The van der Waals surface area contributed by atoms with Gasteiger partial charge in [-0.1, -0.05) is 12.1 Å². The molecule has 0 amide bonds. The van der Waals surface area contributed by atoms with Crippen molar-refractivity contribution >= 4 is 17.5 Å². The van der Waals surface area contributed by atoms with Gasteiger partial charge in [0, 0.05) is 47.3 Å². The molecule has 3 aliphatic rings. The second-order valence-corrected chi connectivity index (χ2v) is 11.5. The van der Waals surface area contributed by atoms with Crippen LogP contribution in [0, 0.1) is 23.4 Å². The third kappa shape index (κ3) is 5.61. The highest BCUT2D eigenvalue weighted by Crippen LogP contribution is 2.50. The first kappa shape index (κ1) is 28.5. The quantitative estimate of drug-likeness (QED) is 0.219. The molecule has 10 heteroatoms. The number of halogens is 3. The normalized spacial score (nSPS) is 17.6. The first-order valence-electron chi connectivity index (χ1n) is 14.1. The molecule has 2 aromatic heterocycles. The van der Waals surface area contributed by atoms with Gasteiger partial charge in [0.25, 0.3) is 0 Å². The van der Waals surface area contributed by atoms with E-state index in [1.807, 2.05) is 0 Å². The first-order valence-corrected chi connectivity index (χ1v) is 14.1. The summed E-state index contributed by atoms with van der Waals surface area (Å²) in [5, 5.41) is 14.0. The van der Waals surface area contributed by atoms with Crippen molar-refractivity contribution in [3.63, 3.8) is 0 Å². The molecule has 7 nitrogen and oxygen atoms in total. The van der Waals surface area contributed by atoms with Crippen LogP contribution in [0.3, 0.4) is 0 Å². The molecular formula is C33H28F3N3O4. The van der Waals surface area contributed by atoms with Gasteiger partial charge in [0.2, 0.25) is 0 Å². The number of rotatable bonds is 10. The molecule has 7 rings (SSSR count). The van der Waals surface area contributed by atoms with Crippen molar-refractivity contribution in [3.05, 3.63) is 106 Å². The summed E-state index contributed by atoms with van der Waals surface area (Å²) < 4.78 is 44.2. The number of carboxylic acid groups (broad SMARTS) is 1. The zero-order valence-corrected chi connectivity index (χ0v) is 23.3. The van der Waals surface area contributed by atoms with Crippen LogP contribution in [-0.2, 0) is 24.2 Å². The zero-order valence-electron chi connectivity index (χ0n) is 23.3. The minimum atomic E-state index is -1.13. The molecule has 0 saturated heterocycles. The number of hydrogen-bond acceptors (Lipinski definition) is 5. The Kier molecular flexibility index (Phi) is 7.45. The lowest BCUT2D eigenvalue weighted by atomic mass is 9.64. The molecule has 1 N–H and O–H groups in total. The molecule has 0 aliphatic heterocycles. The molecule has 0 spiro atoms. The molecule has 2 bridgehead atoms. The Labute approximate surface area is 245 Å². The van der Waals surface area contributed by atoms with Crippen molar-refractivity contribution < 1.29 is 32.7 Å². The number of benzene rings is 2. The van der Waals surface area contributed by atoms with Crippen LogP contribution in [0.4, 0.5) is 13.2 Å². The topological polar surface area (TPSA) is 102 Å². The number of carboxylic acids is 1. The lowest BCUT2D eigenvalue weighted by Gasteiger charge is -2.41. The first-order chi connectivity index (χ1) is 20.6. The van der Waals surface area contributed by atoms with Crippen molar-refractivity contribution in [2.24, 2.45) is 5.92 Å². The molecule has 0 unspecified atom stereocenters. The van der Waals surface area contributed by atoms with Gasteiger partial charge in [-0.3, -0.25) is 19.3 Å². The maximum Gasteiger partial charge on any atom is 0.356 e. The summed E-state index contributed by atoms with van der Waals surface area (Å²) in [5.41, 5.74) is 3.20. The number of Topliss-reactive ketones (excluding diaryl/α,β-unsaturated/α-hetero) is 2. The van der Waals surface area contributed by atoms with Gasteiger partial charge >= 0.3 is 5.97 Å². The summed E-state index contributed by atoms with van der Waals surface area (Å²) in [6.07, 6.45) is 4.02. The van der Waals surface area contributed by atoms with Gasteiger partial charge in [-0.05, 0) is 80.0 Å². The van der Waals surface area contributed by atoms with Gasteiger partial charge in [-0.15, -0.1) is 0 Å². The smallest absolute Gasteiger partial charge is 0.356 e. The van der Waals surface area contributed by atoms with E-state index in [1.165, 1.54) is 48.1 Å². The Morgan fingerprint density at radius 2 is 1.79 bits per heavy atom. The van der Waals surface area contributed by atoms with E-state index in [9.17, 15) is 32.7 Å². The van der Waals surface area contributed by atoms with Crippen LogP contribution in [-0.4, -0.2) is 37.4 Å². The largest absolute Gasteiger partial charge is 0.476 e. The Bertz CT molecular complexity index is 1760. The van der Waals surface area contributed by atoms with Gasteiger partial charge in [0.05, 0.1) is 17.8 Å². The van der Waals surface area contributed by atoms with Crippen LogP contribution in [0.15, 0.2) is 54.7 Å². The number of hydrogen-bond donors (Lipinski definition) is 1. The van der Waals surface area contributed by atoms with E-state index in [0.29, 0.717) is 40.3 Å². The molecule has 2 heterocycles. The van der Waals surface area contributed by atoms with E-state index in [2.05, 4.69) is 10.1 Å². The predicted molar refractivity (Wildman–Crippen MR) is 150 cm³/mol. The van der Waals surface area contributed by atoms with Crippen molar-refractivity contribution in [1.29, 1.82) is 0 Å². The molecule has 1 saturated carbocycles. The molecule has 4 aromatic rings. The van der Waals surface area contributed by atoms with Crippen molar-refractivity contribution in [3.8, 4) is 11.1 Å². The summed E-state index contributed by atoms with van der Waals surface area (Å²) in [7, 11) is 0. The molecular weight excluding hydrogens is 559 g/mol. The van der Waals surface area contributed by atoms with E-state index in [1.54, 1.807) is 12.1 Å². The maximum atomic E-state index is 14.3. The monoisotopic (exact) mass is 587 g/mol. The fraction of sp³-hybridized carbons (Fsp3) is 0.303. The second-order valence-electron chi connectivity index (χ2n) is 11.5. The van der Waals surface area contributed by atoms with Crippen LogP contribution in [0.5, 0.6) is 0 Å². The molecule has 2 aromatic carbocycles. The minimum Gasteiger partial charge on any atom is -0.476 e. The fourth-order valence-corrected chi connectivity index (χ4v) is 6.61. The highest BCUT2D eigenvalue weighted by atomic mass is 19.1. The van der Waals surface area contributed by atoms with Crippen molar-refractivity contribution in [1.82, 2.24) is 14.8 Å². The van der Waals surface area contributed by atoms with Crippen LogP contribution >= 0.6 is 0 Å². The molecule has 43 heavy (non-hydrogen) atoms. The highest BCUT2D eigenvalue weighted by molar-refractivity contribution is 5.95. The zero-order chi connectivity index (χ0) is 30.4. The van der Waals surface area contributed by atoms with E-state index in [4.69, 9.17) is 0 Å². The van der Waals surface area contributed by atoms with Crippen molar-refractivity contribution in [2.75, 3.05) is 0 Å².